The topological polar surface area (TPSA) is 129 Å². The second kappa shape index (κ2) is 13.0. The van der Waals surface area contributed by atoms with Crippen molar-refractivity contribution >= 4 is 37.2 Å². The summed E-state index contributed by atoms with van der Waals surface area (Å²) >= 11 is 4.24. The average molecular weight is 784 g/mol. The molecule has 2 bridgehead atoms. The molecule has 4 heterocycles. The second-order valence-electron chi connectivity index (χ2n) is 11.7. The number of rotatable bonds is 0. The molecular formula is C22H42I2O14. The van der Waals surface area contributed by atoms with E-state index in [-0.39, 0.29) is 5.41 Å². The Morgan fingerprint density at radius 3 is 0.474 bits per heavy atom. The van der Waals surface area contributed by atoms with Gasteiger partial charge in [0.25, 0.3) is 0 Å². The highest BCUT2D eigenvalue weighted by Crippen LogP contribution is 2.58. The molecule has 0 spiro atoms. The monoisotopic (exact) mass is 784 g/mol. The van der Waals surface area contributed by atoms with E-state index in [1.54, 1.807) is 83.1 Å². The normalized spacial score (nSPS) is 35.4. The molecule has 0 aliphatic carbocycles. The molecule has 14 nitrogen and oxygen atoms in total. The molecule has 0 unspecified atom stereocenters. The molecule has 0 aromatic carbocycles. The summed E-state index contributed by atoms with van der Waals surface area (Å²) in [6, 6.07) is 0. The Morgan fingerprint density at radius 1 is 0.263 bits per heavy atom. The summed E-state index contributed by atoms with van der Waals surface area (Å²) < 4.78 is 0. The third kappa shape index (κ3) is 10.3. The fraction of sp³-hybridized carbons (Fsp3) is 1.00. The lowest BCUT2D eigenvalue weighted by Crippen LogP contribution is -2.44. The smallest absolute Gasteiger partial charge is 0.196 e. The van der Waals surface area contributed by atoms with Gasteiger partial charge >= 0.3 is 0 Å². The first-order valence-corrected chi connectivity index (χ1v) is 18.0. The third-order valence-corrected chi connectivity index (χ3v) is 5.21. The molecule has 16 heteroatoms. The SMILES string of the molecule is CC1(C)OOC(C)(C)OO1.CC1(C)OOC(C)(C)OOC(C)(C)OO1.CC12OOC(C)(OO1)C2(C)C.II. The van der Waals surface area contributed by atoms with Gasteiger partial charge in [-0.3, -0.25) is 0 Å². The van der Waals surface area contributed by atoms with E-state index in [4.69, 9.17) is 68.4 Å². The van der Waals surface area contributed by atoms with Crippen LogP contribution in [0.2, 0.25) is 0 Å². The summed E-state index contributed by atoms with van der Waals surface area (Å²) in [6.07, 6.45) is 0. The Hall–Kier alpha value is 0.900. The Morgan fingerprint density at radius 2 is 0.395 bits per heavy atom. The first-order chi connectivity index (χ1) is 16.9. The van der Waals surface area contributed by atoms with Crippen LogP contribution in [0, 0.1) is 5.41 Å². The predicted octanol–water partition coefficient (Wildman–Crippen LogP) is 6.56. The molecule has 38 heavy (non-hydrogen) atoms. The molecule has 0 radical (unpaired) electrons. The molecule has 4 fully saturated rings. The van der Waals surface area contributed by atoms with Crippen LogP contribution in [0.4, 0.5) is 0 Å². The maximum atomic E-state index is 5.01. The van der Waals surface area contributed by atoms with Crippen molar-refractivity contribution in [3.05, 3.63) is 0 Å². The van der Waals surface area contributed by atoms with Crippen LogP contribution in [-0.4, -0.2) is 40.5 Å². The van der Waals surface area contributed by atoms with Crippen molar-refractivity contribution in [3.8, 4) is 0 Å². The van der Waals surface area contributed by atoms with Crippen LogP contribution in [0.5, 0.6) is 0 Å². The highest BCUT2D eigenvalue weighted by atomic mass is 128. The molecule has 0 aromatic heterocycles. The molecule has 0 atom stereocenters. The van der Waals surface area contributed by atoms with Gasteiger partial charge in [-0.15, -0.1) is 0 Å². The Bertz CT molecular complexity index is 644. The molecule has 4 aliphatic rings. The van der Waals surface area contributed by atoms with E-state index in [0.717, 1.165) is 0 Å². The first-order valence-electron chi connectivity index (χ1n) is 11.7. The van der Waals surface area contributed by atoms with Crippen molar-refractivity contribution in [3.63, 3.8) is 0 Å². The number of hydrogen-bond acceptors (Lipinski definition) is 14. The Kier molecular flexibility index (Phi) is 12.7. The van der Waals surface area contributed by atoms with Crippen LogP contribution in [-0.2, 0) is 68.4 Å². The van der Waals surface area contributed by atoms with E-state index >= 15 is 0 Å². The van der Waals surface area contributed by atoms with Crippen LogP contribution in [0.15, 0.2) is 0 Å². The van der Waals surface area contributed by atoms with E-state index < -0.39 is 40.5 Å². The van der Waals surface area contributed by atoms with E-state index in [0.29, 0.717) is 0 Å². The van der Waals surface area contributed by atoms with Gasteiger partial charge in [0.05, 0.1) is 5.41 Å². The minimum Gasteiger partial charge on any atom is -0.196 e. The molecule has 0 amide bonds. The van der Waals surface area contributed by atoms with Crippen molar-refractivity contribution in [2.45, 2.75) is 137 Å². The van der Waals surface area contributed by atoms with Crippen LogP contribution < -0.4 is 0 Å². The van der Waals surface area contributed by atoms with Gasteiger partial charge < -0.3 is 0 Å². The molecule has 228 valence electrons. The minimum atomic E-state index is -1.05. The van der Waals surface area contributed by atoms with Crippen molar-refractivity contribution in [1.82, 2.24) is 0 Å². The molecular weight excluding hydrogens is 742 g/mol. The molecule has 4 rings (SSSR count). The summed E-state index contributed by atoms with van der Waals surface area (Å²) in [5.74, 6) is -6.32. The zero-order valence-electron chi connectivity index (χ0n) is 24.5. The van der Waals surface area contributed by atoms with Crippen molar-refractivity contribution < 1.29 is 68.4 Å². The van der Waals surface area contributed by atoms with Crippen molar-refractivity contribution in [1.29, 1.82) is 0 Å². The minimum absolute atomic E-state index is 0.292. The van der Waals surface area contributed by atoms with Gasteiger partial charge in [-0.1, -0.05) is 0 Å². The summed E-state index contributed by atoms with van der Waals surface area (Å²) in [6.45, 7) is 24.2. The summed E-state index contributed by atoms with van der Waals surface area (Å²) in [4.78, 5) is 69.4. The summed E-state index contributed by atoms with van der Waals surface area (Å²) in [7, 11) is 0. The number of halogens is 2. The van der Waals surface area contributed by atoms with Gasteiger partial charge in [-0.25, -0.2) is 0 Å². The molecule has 0 N–H and O–H groups in total. The highest BCUT2D eigenvalue weighted by molar-refractivity contribution is 15.0. The lowest BCUT2D eigenvalue weighted by atomic mass is 9.78. The average Bonchev–Trinajstić information content (AvgIpc) is 3.11. The lowest BCUT2D eigenvalue weighted by molar-refractivity contribution is -0.644. The fourth-order valence-electron chi connectivity index (χ4n) is 2.25. The van der Waals surface area contributed by atoms with Crippen LogP contribution in [0.1, 0.15) is 96.9 Å². The van der Waals surface area contributed by atoms with Gasteiger partial charge in [-0.05, 0) is 96.9 Å². The Labute approximate surface area is 247 Å². The van der Waals surface area contributed by atoms with Gasteiger partial charge in [0.15, 0.2) is 0 Å². The van der Waals surface area contributed by atoms with Crippen LogP contribution in [0.3, 0.4) is 0 Å². The second-order valence-corrected chi connectivity index (χ2v) is 11.7. The lowest BCUT2D eigenvalue weighted by Gasteiger charge is -2.35. The van der Waals surface area contributed by atoms with Crippen LogP contribution in [0.25, 0.3) is 0 Å². The maximum Gasteiger partial charge on any atom is 0.241 e. The largest absolute Gasteiger partial charge is 0.241 e. The molecule has 4 saturated heterocycles. The maximum absolute atomic E-state index is 5.01. The fourth-order valence-corrected chi connectivity index (χ4v) is 2.25. The van der Waals surface area contributed by atoms with Crippen LogP contribution >= 0.6 is 37.2 Å². The van der Waals surface area contributed by atoms with E-state index in [2.05, 4.69) is 37.2 Å². The number of hydrogen-bond donors (Lipinski definition) is 0. The van der Waals surface area contributed by atoms with Crippen molar-refractivity contribution in [2.24, 2.45) is 5.41 Å². The Balaban J connectivity index is 0.000000281. The zero-order chi connectivity index (χ0) is 29.9. The van der Waals surface area contributed by atoms with E-state index in [1.165, 1.54) is 0 Å². The highest BCUT2D eigenvalue weighted by Gasteiger charge is 2.72. The summed E-state index contributed by atoms with van der Waals surface area (Å²) in [5.41, 5.74) is -0.292. The first kappa shape index (κ1) is 36.9. The summed E-state index contributed by atoms with van der Waals surface area (Å²) in [5, 5.41) is 0. The third-order valence-electron chi connectivity index (χ3n) is 5.21. The molecule has 0 saturated carbocycles. The zero-order valence-corrected chi connectivity index (χ0v) is 28.8. The standard InChI is InChI=1S/C9H18O6.C7H12O4.C6H12O4.I2/c1-7(2)10-12-8(3,4)14-15-9(5,6)13-11-7;1-5(2)6(3)8-10-7(5,4)11-9-6;1-5(2)7-9-6(3,4)10-8-5;1-2/h1-6H3;1-4H3;1-4H3;. The van der Waals surface area contributed by atoms with E-state index in [1.807, 2.05) is 13.8 Å². The van der Waals surface area contributed by atoms with Gasteiger partial charge in [0.2, 0.25) is 40.5 Å². The van der Waals surface area contributed by atoms with E-state index in [9.17, 15) is 0 Å². The molecule has 4 aliphatic heterocycles. The van der Waals surface area contributed by atoms with Gasteiger partial charge in [-0.2, -0.15) is 68.4 Å². The number of fused-ring (bicyclic) bond motifs is 2. The quantitative estimate of drug-likeness (QED) is 0.194. The van der Waals surface area contributed by atoms with Gasteiger partial charge in [0, 0.05) is 37.2 Å². The molecule has 0 aromatic rings. The predicted molar refractivity (Wildman–Crippen MR) is 144 cm³/mol. The van der Waals surface area contributed by atoms with Crippen molar-refractivity contribution in [2.75, 3.05) is 0 Å². The van der Waals surface area contributed by atoms with Gasteiger partial charge in [0.1, 0.15) is 0 Å².